The van der Waals surface area contributed by atoms with Gasteiger partial charge in [-0.15, -0.1) is 0 Å². The molecular formula is C22H34N4O2. The van der Waals surface area contributed by atoms with Gasteiger partial charge in [-0.1, -0.05) is 33.3 Å². The normalized spacial score (nSPS) is 10.7. The molecule has 2 aromatic rings. The van der Waals surface area contributed by atoms with E-state index in [-0.39, 0.29) is 17.0 Å². The van der Waals surface area contributed by atoms with Gasteiger partial charge in [-0.3, -0.25) is 9.59 Å². The molecule has 0 aromatic carbocycles. The molecule has 0 unspecified atom stereocenters. The van der Waals surface area contributed by atoms with E-state index in [0.717, 1.165) is 33.0 Å². The van der Waals surface area contributed by atoms with Crippen LogP contribution in [0.5, 0.6) is 0 Å². The van der Waals surface area contributed by atoms with Gasteiger partial charge in [0.2, 0.25) is 0 Å². The fraction of sp³-hybridized carbons (Fsp3) is 0.545. The molecule has 0 bridgehead atoms. The molecule has 2 rings (SSSR count). The van der Waals surface area contributed by atoms with Crippen molar-refractivity contribution in [2.75, 3.05) is 0 Å². The van der Waals surface area contributed by atoms with E-state index in [4.69, 9.17) is 0 Å². The highest BCUT2D eigenvalue weighted by Gasteiger charge is 2.15. The Balaban J connectivity index is 0.000000280. The van der Waals surface area contributed by atoms with Crippen LogP contribution in [0.3, 0.4) is 0 Å². The smallest absolute Gasteiger partial charge is 0.260 e. The summed E-state index contributed by atoms with van der Waals surface area (Å²) in [6.07, 6.45) is 3.17. The first-order chi connectivity index (χ1) is 12.9. The van der Waals surface area contributed by atoms with Crippen LogP contribution < -0.4 is 21.7 Å². The number of rotatable bonds is 2. The first-order valence-corrected chi connectivity index (χ1v) is 9.62. The zero-order valence-electron chi connectivity index (χ0n) is 18.9. The summed E-state index contributed by atoms with van der Waals surface area (Å²) in [5.41, 5.74) is 3.97. The van der Waals surface area contributed by atoms with Gasteiger partial charge in [0.25, 0.3) is 11.1 Å². The first kappa shape index (κ1) is 23.5. The van der Waals surface area contributed by atoms with Crippen molar-refractivity contribution >= 4 is 11.1 Å². The highest BCUT2D eigenvalue weighted by Crippen LogP contribution is 2.20. The Morgan fingerprint density at radius 2 is 1.29 bits per heavy atom. The molecule has 0 atom stereocenters. The Morgan fingerprint density at radius 1 is 0.786 bits per heavy atom. The molecule has 154 valence electrons. The molecule has 0 amide bonds. The summed E-state index contributed by atoms with van der Waals surface area (Å²) in [5.74, 6) is 0.543. The van der Waals surface area contributed by atoms with Crippen molar-refractivity contribution in [3.63, 3.8) is 0 Å². The predicted molar refractivity (Wildman–Crippen MR) is 116 cm³/mol. The minimum atomic E-state index is 0.0243. The average molecular weight is 387 g/mol. The van der Waals surface area contributed by atoms with Crippen molar-refractivity contribution in [1.82, 2.24) is 19.1 Å². The van der Waals surface area contributed by atoms with Crippen molar-refractivity contribution in [3.05, 3.63) is 55.2 Å². The van der Waals surface area contributed by atoms with E-state index in [1.54, 1.807) is 31.3 Å². The van der Waals surface area contributed by atoms with Crippen LogP contribution in [0.1, 0.15) is 78.5 Å². The fourth-order valence-corrected chi connectivity index (χ4v) is 2.94. The van der Waals surface area contributed by atoms with Gasteiger partial charge in [0.05, 0.1) is 28.9 Å². The molecule has 2 aromatic heterocycles. The highest BCUT2D eigenvalue weighted by molar-refractivity contribution is 5.43. The van der Waals surface area contributed by atoms with E-state index in [0.29, 0.717) is 5.92 Å². The van der Waals surface area contributed by atoms with Gasteiger partial charge in [0, 0.05) is 19.7 Å². The molecule has 0 aliphatic carbocycles. The standard InChI is InChI=1S/C11H18N2O.C11H16N2O/c2*1-7(2)9-10(8(3)4)12-6-13(5)11(9)14/h6-8H,1-5H3;6H,1-5H3. The van der Waals surface area contributed by atoms with Crippen LogP contribution in [0.25, 0.3) is 11.1 Å². The number of aryl methyl sites for hydroxylation is 2. The average Bonchev–Trinajstić information content (AvgIpc) is 2.58. The van der Waals surface area contributed by atoms with Crippen LogP contribution in [0.2, 0.25) is 0 Å². The van der Waals surface area contributed by atoms with Gasteiger partial charge in [0.15, 0.2) is 0 Å². The Hall–Kier alpha value is -2.50. The predicted octanol–water partition coefficient (Wildman–Crippen LogP) is 2.19. The Labute approximate surface area is 167 Å². The monoisotopic (exact) mass is 386 g/mol. The van der Waals surface area contributed by atoms with Gasteiger partial charge in [0.1, 0.15) is 0 Å². The van der Waals surface area contributed by atoms with Gasteiger partial charge in [-0.05, 0) is 45.1 Å². The van der Waals surface area contributed by atoms with Crippen molar-refractivity contribution in [2.24, 2.45) is 14.1 Å². The number of aromatic nitrogens is 4. The van der Waals surface area contributed by atoms with Crippen molar-refractivity contribution in [3.8, 4) is 0 Å². The molecule has 0 spiro atoms. The molecule has 0 aliphatic rings. The van der Waals surface area contributed by atoms with Crippen molar-refractivity contribution < 1.29 is 0 Å². The van der Waals surface area contributed by atoms with Crippen molar-refractivity contribution in [2.45, 2.75) is 67.2 Å². The summed E-state index contributed by atoms with van der Waals surface area (Å²) in [7, 11) is 3.46. The van der Waals surface area contributed by atoms with Crippen LogP contribution in [-0.4, -0.2) is 19.1 Å². The van der Waals surface area contributed by atoms with Crippen LogP contribution in [0.4, 0.5) is 0 Å². The summed E-state index contributed by atoms with van der Waals surface area (Å²) in [6.45, 7) is 16.0. The van der Waals surface area contributed by atoms with E-state index in [1.807, 2.05) is 41.5 Å². The molecular weight excluding hydrogens is 352 g/mol. The second-order valence-electron chi connectivity index (χ2n) is 8.15. The SMILES string of the molecule is CC(C)=c1ncn(C)c(=O)c1=C(C)C.CC(C)c1ncn(C)c(=O)c1C(C)C. The quantitative estimate of drug-likeness (QED) is 0.793. The Morgan fingerprint density at radius 3 is 1.71 bits per heavy atom. The Kier molecular flexibility index (Phi) is 8.09. The number of hydrogen-bond donors (Lipinski definition) is 0. The maximum Gasteiger partial charge on any atom is 0.260 e. The summed E-state index contributed by atoms with van der Waals surface area (Å²) in [4.78, 5) is 32.3. The first-order valence-electron chi connectivity index (χ1n) is 9.62. The van der Waals surface area contributed by atoms with Crippen LogP contribution >= 0.6 is 0 Å². The van der Waals surface area contributed by atoms with E-state index in [1.165, 1.54) is 4.57 Å². The third-order valence-corrected chi connectivity index (χ3v) is 4.43. The Bertz CT molecular complexity index is 1070. The third-order valence-electron chi connectivity index (χ3n) is 4.43. The van der Waals surface area contributed by atoms with E-state index < -0.39 is 0 Å². The summed E-state index contributed by atoms with van der Waals surface area (Å²) >= 11 is 0. The zero-order chi connectivity index (χ0) is 21.8. The zero-order valence-corrected chi connectivity index (χ0v) is 18.9. The molecule has 0 aliphatic heterocycles. The topological polar surface area (TPSA) is 69.8 Å². The fourth-order valence-electron chi connectivity index (χ4n) is 2.94. The van der Waals surface area contributed by atoms with E-state index >= 15 is 0 Å². The van der Waals surface area contributed by atoms with Gasteiger partial charge in [-0.2, -0.15) is 0 Å². The lowest BCUT2D eigenvalue weighted by Crippen LogP contribution is -2.47. The molecule has 0 saturated carbocycles. The molecule has 0 N–H and O–H groups in total. The lowest BCUT2D eigenvalue weighted by Gasteiger charge is -2.14. The molecule has 0 fully saturated rings. The molecule has 0 radical (unpaired) electrons. The number of hydrogen-bond acceptors (Lipinski definition) is 4. The summed E-state index contributed by atoms with van der Waals surface area (Å²) in [5, 5.41) is 1.54. The maximum absolute atomic E-state index is 11.9. The minimum Gasteiger partial charge on any atom is -0.302 e. The molecule has 6 heteroatoms. The second-order valence-corrected chi connectivity index (χ2v) is 8.15. The third kappa shape index (κ3) is 5.27. The molecule has 6 nitrogen and oxygen atoms in total. The van der Waals surface area contributed by atoms with Gasteiger partial charge >= 0.3 is 0 Å². The van der Waals surface area contributed by atoms with Crippen LogP contribution in [0.15, 0.2) is 22.2 Å². The van der Waals surface area contributed by atoms with Crippen LogP contribution in [-0.2, 0) is 14.1 Å². The lowest BCUT2D eigenvalue weighted by atomic mass is 9.97. The highest BCUT2D eigenvalue weighted by atomic mass is 16.1. The lowest BCUT2D eigenvalue weighted by molar-refractivity contribution is 0.692. The molecule has 0 saturated heterocycles. The largest absolute Gasteiger partial charge is 0.302 e. The second kappa shape index (κ2) is 9.62. The van der Waals surface area contributed by atoms with Crippen molar-refractivity contribution in [1.29, 1.82) is 0 Å². The molecule has 28 heavy (non-hydrogen) atoms. The number of nitrogens with zero attached hydrogens (tertiary/aromatic N) is 4. The summed E-state index contributed by atoms with van der Waals surface area (Å²) in [6, 6.07) is 0. The summed E-state index contributed by atoms with van der Waals surface area (Å²) < 4.78 is 3.05. The maximum atomic E-state index is 11.9. The van der Waals surface area contributed by atoms with Gasteiger partial charge in [-0.25, -0.2) is 9.97 Å². The van der Waals surface area contributed by atoms with E-state index in [2.05, 4.69) is 23.8 Å². The van der Waals surface area contributed by atoms with Gasteiger partial charge < -0.3 is 9.13 Å². The van der Waals surface area contributed by atoms with E-state index in [9.17, 15) is 9.59 Å². The molecule has 2 heterocycles. The van der Waals surface area contributed by atoms with Crippen LogP contribution in [0, 0.1) is 0 Å². The minimum absolute atomic E-state index is 0.0243.